The summed E-state index contributed by atoms with van der Waals surface area (Å²) >= 11 is 5.01. The third-order valence-electron chi connectivity index (χ3n) is 1.68. The lowest BCUT2D eigenvalue weighted by molar-refractivity contribution is -0.389. The minimum Gasteiger partial charge on any atom is -0.362 e. The molecule has 0 saturated carbocycles. The van der Waals surface area contributed by atoms with E-state index in [0.717, 1.165) is 0 Å². The first-order valence-corrected chi connectivity index (χ1v) is 4.15. The standard InChI is InChI=1S/C7H4ClF2N3O3/c8-4(14)2-1-3(5(9)10)6(11)12-7(2)13(15)16/h1,5H,(H2,11,12). The SMILES string of the molecule is Nc1nc([N+](=O)[O-])c(C(=O)Cl)cc1C(F)F. The molecule has 0 aliphatic carbocycles. The molecule has 1 rings (SSSR count). The van der Waals surface area contributed by atoms with Gasteiger partial charge in [0.2, 0.25) is 5.82 Å². The van der Waals surface area contributed by atoms with E-state index in [1.807, 2.05) is 0 Å². The molecular weight excluding hydrogens is 248 g/mol. The predicted octanol–water partition coefficient (Wildman–Crippen LogP) is 1.89. The Morgan fingerprint density at radius 1 is 1.62 bits per heavy atom. The first-order chi connectivity index (χ1) is 7.34. The lowest BCUT2D eigenvalue weighted by atomic mass is 10.2. The maximum atomic E-state index is 12.4. The minimum atomic E-state index is -3.00. The minimum absolute atomic E-state index is 0.570. The van der Waals surface area contributed by atoms with E-state index < -0.39 is 39.4 Å². The summed E-state index contributed by atoms with van der Waals surface area (Å²) in [4.78, 5) is 23.3. The van der Waals surface area contributed by atoms with E-state index in [9.17, 15) is 23.7 Å². The molecule has 2 N–H and O–H groups in total. The summed E-state index contributed by atoms with van der Waals surface area (Å²) in [6.45, 7) is 0. The van der Waals surface area contributed by atoms with Gasteiger partial charge in [0.1, 0.15) is 5.56 Å². The van der Waals surface area contributed by atoms with Crippen molar-refractivity contribution in [2.45, 2.75) is 6.43 Å². The summed E-state index contributed by atoms with van der Waals surface area (Å²) in [6.07, 6.45) is -3.00. The summed E-state index contributed by atoms with van der Waals surface area (Å²) < 4.78 is 24.7. The van der Waals surface area contributed by atoms with E-state index >= 15 is 0 Å². The number of alkyl halides is 2. The highest BCUT2D eigenvalue weighted by Gasteiger charge is 2.27. The summed E-state index contributed by atoms with van der Waals surface area (Å²) in [5.74, 6) is -1.65. The summed E-state index contributed by atoms with van der Waals surface area (Å²) in [6, 6.07) is 0.570. The lowest BCUT2D eigenvalue weighted by Crippen LogP contribution is -2.07. The van der Waals surface area contributed by atoms with E-state index in [2.05, 4.69) is 4.98 Å². The monoisotopic (exact) mass is 251 g/mol. The number of nitrogens with two attached hydrogens (primary N) is 1. The number of aromatic nitrogens is 1. The Kier molecular flexibility index (Phi) is 3.33. The van der Waals surface area contributed by atoms with Crippen LogP contribution >= 0.6 is 11.6 Å². The fourth-order valence-corrected chi connectivity index (χ4v) is 1.13. The molecule has 0 aliphatic rings. The highest BCUT2D eigenvalue weighted by Crippen LogP contribution is 2.29. The molecule has 0 radical (unpaired) electrons. The quantitative estimate of drug-likeness (QED) is 0.502. The van der Waals surface area contributed by atoms with Gasteiger partial charge in [-0.25, -0.2) is 8.78 Å². The average Bonchev–Trinajstić information content (AvgIpc) is 2.15. The van der Waals surface area contributed by atoms with E-state index in [1.54, 1.807) is 0 Å². The van der Waals surface area contributed by atoms with Gasteiger partial charge in [-0.15, -0.1) is 0 Å². The van der Waals surface area contributed by atoms with E-state index in [4.69, 9.17) is 17.3 Å². The van der Waals surface area contributed by atoms with Gasteiger partial charge in [-0.1, -0.05) is 0 Å². The molecule has 0 unspecified atom stereocenters. The van der Waals surface area contributed by atoms with Crippen LogP contribution in [0.5, 0.6) is 0 Å². The van der Waals surface area contributed by atoms with Crippen molar-refractivity contribution < 1.29 is 18.5 Å². The average molecular weight is 252 g/mol. The highest BCUT2D eigenvalue weighted by molar-refractivity contribution is 6.68. The Morgan fingerprint density at radius 3 is 2.56 bits per heavy atom. The molecule has 6 nitrogen and oxygen atoms in total. The molecule has 0 atom stereocenters. The number of anilines is 1. The fraction of sp³-hybridized carbons (Fsp3) is 0.143. The van der Waals surface area contributed by atoms with Crippen molar-refractivity contribution >= 4 is 28.5 Å². The normalized spacial score (nSPS) is 10.5. The van der Waals surface area contributed by atoms with E-state index in [1.165, 1.54) is 0 Å². The molecule has 0 aliphatic heterocycles. The van der Waals surface area contributed by atoms with Crippen molar-refractivity contribution in [1.82, 2.24) is 4.98 Å². The second-order valence-electron chi connectivity index (χ2n) is 2.67. The van der Waals surface area contributed by atoms with Crippen LogP contribution in [0.25, 0.3) is 0 Å². The largest absolute Gasteiger partial charge is 0.377 e. The van der Waals surface area contributed by atoms with Crippen LogP contribution in [0.2, 0.25) is 0 Å². The van der Waals surface area contributed by atoms with Crippen molar-refractivity contribution in [1.29, 1.82) is 0 Å². The zero-order valence-electron chi connectivity index (χ0n) is 7.49. The van der Waals surface area contributed by atoms with Gasteiger partial charge in [-0.2, -0.15) is 0 Å². The van der Waals surface area contributed by atoms with Crippen molar-refractivity contribution in [3.05, 3.63) is 27.3 Å². The molecule has 0 fully saturated rings. The molecule has 0 bridgehead atoms. The van der Waals surface area contributed by atoms with Gasteiger partial charge in [-0.05, 0) is 27.6 Å². The molecule has 9 heteroatoms. The summed E-state index contributed by atoms with van der Waals surface area (Å²) in [5.41, 5.74) is 3.60. The van der Waals surface area contributed by atoms with Gasteiger partial charge in [-0.3, -0.25) is 4.79 Å². The number of nitrogens with zero attached hydrogens (tertiary/aromatic N) is 2. The van der Waals surface area contributed by atoms with Crippen LogP contribution in [-0.4, -0.2) is 15.1 Å². The van der Waals surface area contributed by atoms with Crippen LogP contribution in [0.1, 0.15) is 22.3 Å². The number of pyridine rings is 1. The second kappa shape index (κ2) is 4.35. The van der Waals surface area contributed by atoms with Gasteiger partial charge < -0.3 is 15.8 Å². The van der Waals surface area contributed by atoms with Crippen molar-refractivity contribution in [2.24, 2.45) is 0 Å². The van der Waals surface area contributed by atoms with Gasteiger partial charge in [0.15, 0.2) is 0 Å². The van der Waals surface area contributed by atoms with Crippen LogP contribution in [0.3, 0.4) is 0 Å². The van der Waals surface area contributed by atoms with Gasteiger partial charge >= 0.3 is 5.82 Å². The molecule has 16 heavy (non-hydrogen) atoms. The molecule has 1 aromatic rings. The van der Waals surface area contributed by atoms with Crippen LogP contribution in [0, 0.1) is 10.1 Å². The lowest BCUT2D eigenvalue weighted by Gasteiger charge is -2.03. The Labute approximate surface area is 92.2 Å². The number of rotatable bonds is 3. The Balaban J connectivity index is 3.49. The Bertz CT molecular complexity index is 466. The van der Waals surface area contributed by atoms with Crippen molar-refractivity contribution in [2.75, 3.05) is 5.73 Å². The zero-order valence-corrected chi connectivity index (χ0v) is 8.24. The summed E-state index contributed by atoms with van der Waals surface area (Å²) in [5, 5.41) is 9.20. The molecule has 0 saturated heterocycles. The topological polar surface area (TPSA) is 99.1 Å². The van der Waals surface area contributed by atoms with Crippen LogP contribution in [0.15, 0.2) is 6.07 Å². The van der Waals surface area contributed by atoms with Crippen molar-refractivity contribution in [3.63, 3.8) is 0 Å². The molecule has 0 amide bonds. The number of hydrogen-bond donors (Lipinski definition) is 1. The number of hydrogen-bond acceptors (Lipinski definition) is 5. The summed E-state index contributed by atoms with van der Waals surface area (Å²) in [7, 11) is 0. The van der Waals surface area contributed by atoms with Gasteiger partial charge in [0.05, 0.1) is 5.56 Å². The Hall–Kier alpha value is -1.83. The maximum Gasteiger partial charge on any atom is 0.377 e. The Morgan fingerprint density at radius 2 is 2.19 bits per heavy atom. The first kappa shape index (κ1) is 12.2. The van der Waals surface area contributed by atoms with E-state index in [-0.39, 0.29) is 0 Å². The van der Waals surface area contributed by atoms with E-state index in [0.29, 0.717) is 6.07 Å². The number of carbonyl (C=O) groups excluding carboxylic acids is 1. The zero-order chi connectivity index (χ0) is 12.5. The molecule has 0 spiro atoms. The molecule has 86 valence electrons. The van der Waals surface area contributed by atoms with Crippen molar-refractivity contribution in [3.8, 4) is 0 Å². The van der Waals surface area contributed by atoms with Gasteiger partial charge in [0.25, 0.3) is 11.7 Å². The molecule has 1 aromatic heterocycles. The van der Waals surface area contributed by atoms with Gasteiger partial charge in [0, 0.05) is 0 Å². The number of nitro groups is 1. The molecule has 1 heterocycles. The number of carbonyl (C=O) groups is 1. The fourth-order valence-electron chi connectivity index (χ4n) is 0.991. The third kappa shape index (κ3) is 2.22. The molecule has 0 aromatic carbocycles. The van der Waals surface area contributed by atoms with Crippen LogP contribution in [0.4, 0.5) is 20.4 Å². The van der Waals surface area contributed by atoms with Crippen LogP contribution < -0.4 is 5.73 Å². The first-order valence-electron chi connectivity index (χ1n) is 3.77. The number of nitrogen functional groups attached to an aromatic ring is 1. The molecular formula is C7H4ClF2N3O3. The number of halogens is 3. The maximum absolute atomic E-state index is 12.4. The highest BCUT2D eigenvalue weighted by atomic mass is 35.5. The predicted molar refractivity (Wildman–Crippen MR) is 50.4 cm³/mol. The van der Waals surface area contributed by atoms with Crippen LogP contribution in [-0.2, 0) is 0 Å². The third-order valence-corrected chi connectivity index (χ3v) is 1.89. The second-order valence-corrected chi connectivity index (χ2v) is 3.01. The smallest absolute Gasteiger partial charge is 0.362 e.